The average molecular weight is 411 g/mol. The summed E-state index contributed by atoms with van der Waals surface area (Å²) in [6, 6.07) is 14.5. The molecule has 0 spiro atoms. The summed E-state index contributed by atoms with van der Waals surface area (Å²) in [5.41, 5.74) is 0.405. The van der Waals surface area contributed by atoms with Gasteiger partial charge in [-0.25, -0.2) is 13.1 Å². The van der Waals surface area contributed by atoms with E-state index in [1.165, 1.54) is 19.1 Å². The van der Waals surface area contributed by atoms with E-state index in [2.05, 4.69) is 10.0 Å². The molecule has 2 N–H and O–H groups in total. The lowest BCUT2D eigenvalue weighted by atomic mass is 10.3. The molecule has 2 rings (SSSR count). The molecule has 0 saturated heterocycles. The van der Waals surface area contributed by atoms with E-state index in [9.17, 15) is 18.0 Å². The van der Waals surface area contributed by atoms with Crippen molar-refractivity contribution >= 4 is 39.2 Å². The quantitative estimate of drug-likeness (QED) is 0.651. The van der Waals surface area contributed by atoms with Gasteiger partial charge in [-0.3, -0.25) is 9.59 Å². The Morgan fingerprint density at radius 2 is 1.70 bits per heavy atom. The van der Waals surface area contributed by atoms with Crippen molar-refractivity contribution in [1.82, 2.24) is 4.72 Å². The number of sulfonamides is 1. The first-order chi connectivity index (χ1) is 12.8. The highest BCUT2D eigenvalue weighted by molar-refractivity contribution is 7.89. The number of benzene rings is 2. The Morgan fingerprint density at radius 3 is 2.37 bits per heavy atom. The van der Waals surface area contributed by atoms with Crippen LogP contribution in [-0.2, 0) is 24.3 Å². The van der Waals surface area contributed by atoms with Crippen molar-refractivity contribution < 1.29 is 22.7 Å². The van der Waals surface area contributed by atoms with Crippen molar-refractivity contribution in [2.75, 3.05) is 11.9 Å². The Labute approximate surface area is 162 Å². The van der Waals surface area contributed by atoms with Crippen molar-refractivity contribution in [3.8, 4) is 0 Å². The highest BCUT2D eigenvalue weighted by Gasteiger charge is 2.19. The number of ether oxygens (including phenoxy) is 1. The van der Waals surface area contributed by atoms with Gasteiger partial charge in [0.2, 0.25) is 10.0 Å². The number of esters is 1. The number of carbonyl (C=O) groups excluding carboxylic acids is 2. The van der Waals surface area contributed by atoms with Crippen LogP contribution < -0.4 is 10.0 Å². The zero-order valence-corrected chi connectivity index (χ0v) is 16.1. The van der Waals surface area contributed by atoms with E-state index < -0.39 is 28.0 Å². The number of para-hydroxylation sites is 1. The van der Waals surface area contributed by atoms with Crippen LogP contribution in [0.4, 0.5) is 5.69 Å². The van der Waals surface area contributed by atoms with Gasteiger partial charge in [-0.1, -0.05) is 41.9 Å². The fraction of sp³-hybridized carbons (Fsp3) is 0.222. The van der Waals surface area contributed by atoms with Crippen LogP contribution in [0.3, 0.4) is 0 Å². The summed E-state index contributed by atoms with van der Waals surface area (Å²) in [6.45, 7) is 1.27. The number of hydrogen-bond donors (Lipinski definition) is 2. The fourth-order valence-electron chi connectivity index (χ4n) is 2.08. The number of rotatable bonds is 8. The van der Waals surface area contributed by atoms with Gasteiger partial charge in [0.05, 0.1) is 22.0 Å². The third-order valence-electron chi connectivity index (χ3n) is 3.48. The third-order valence-corrected chi connectivity index (χ3v) is 5.29. The van der Waals surface area contributed by atoms with Crippen LogP contribution >= 0.6 is 11.6 Å². The summed E-state index contributed by atoms with van der Waals surface area (Å²) < 4.78 is 31.4. The predicted molar refractivity (Wildman–Crippen MR) is 102 cm³/mol. The number of halogens is 1. The van der Waals surface area contributed by atoms with Crippen molar-refractivity contribution in [2.45, 2.75) is 24.3 Å². The zero-order chi connectivity index (χ0) is 19.9. The Kier molecular flexibility index (Phi) is 7.35. The lowest BCUT2D eigenvalue weighted by Crippen LogP contribution is -2.32. The molecule has 0 saturated carbocycles. The standard InChI is InChI=1S/C18H19ClN2O5S/c1-13(18(23)21-16-10-6-5-9-15(16)19)26-17(22)11-12-20-27(24,25)14-7-3-2-4-8-14/h2-10,13,20H,11-12H2,1H3,(H,21,23)/t13-/m0/s1. The van der Waals surface area contributed by atoms with Crippen LogP contribution in [0, 0.1) is 0 Å². The van der Waals surface area contributed by atoms with E-state index in [0.29, 0.717) is 10.7 Å². The van der Waals surface area contributed by atoms with Gasteiger partial charge in [0.15, 0.2) is 6.10 Å². The largest absolute Gasteiger partial charge is 0.452 e. The van der Waals surface area contributed by atoms with E-state index in [1.807, 2.05) is 0 Å². The molecule has 7 nitrogen and oxygen atoms in total. The monoisotopic (exact) mass is 410 g/mol. The van der Waals surface area contributed by atoms with Gasteiger partial charge in [-0.2, -0.15) is 0 Å². The molecule has 0 heterocycles. The van der Waals surface area contributed by atoms with Crippen LogP contribution in [0.25, 0.3) is 0 Å². The molecule has 0 bridgehead atoms. The maximum absolute atomic E-state index is 12.1. The van der Waals surface area contributed by atoms with Gasteiger partial charge in [-0.05, 0) is 31.2 Å². The number of carbonyl (C=O) groups is 2. The lowest BCUT2D eigenvalue weighted by molar-refractivity contribution is -0.152. The fourth-order valence-corrected chi connectivity index (χ4v) is 3.31. The highest BCUT2D eigenvalue weighted by atomic mass is 35.5. The number of hydrogen-bond acceptors (Lipinski definition) is 5. The molecule has 2 aromatic rings. The molecule has 9 heteroatoms. The molecular weight excluding hydrogens is 392 g/mol. The molecule has 1 amide bonds. The zero-order valence-electron chi connectivity index (χ0n) is 14.5. The summed E-state index contributed by atoms with van der Waals surface area (Å²) >= 11 is 5.95. The topological polar surface area (TPSA) is 102 Å². The summed E-state index contributed by atoms with van der Waals surface area (Å²) in [7, 11) is -3.70. The Hall–Kier alpha value is -2.42. The number of anilines is 1. The van der Waals surface area contributed by atoms with Gasteiger partial charge < -0.3 is 10.1 Å². The molecule has 27 heavy (non-hydrogen) atoms. The smallest absolute Gasteiger partial charge is 0.307 e. The molecule has 0 unspecified atom stereocenters. The van der Waals surface area contributed by atoms with Crippen molar-refractivity contribution in [1.29, 1.82) is 0 Å². The van der Waals surface area contributed by atoms with Crippen LogP contribution in [0.2, 0.25) is 5.02 Å². The average Bonchev–Trinajstić information content (AvgIpc) is 2.64. The molecule has 1 atom stereocenters. The van der Waals surface area contributed by atoms with E-state index in [4.69, 9.17) is 16.3 Å². The van der Waals surface area contributed by atoms with Gasteiger partial charge in [0, 0.05) is 6.54 Å². The first kappa shape index (κ1) is 20.9. The second kappa shape index (κ2) is 9.50. The summed E-state index contributed by atoms with van der Waals surface area (Å²) in [4.78, 5) is 24.0. The maximum atomic E-state index is 12.1. The maximum Gasteiger partial charge on any atom is 0.307 e. The van der Waals surface area contributed by atoms with Crippen LogP contribution in [0.1, 0.15) is 13.3 Å². The summed E-state index contributed by atoms with van der Waals surface area (Å²) in [6.07, 6.45) is -1.27. The van der Waals surface area contributed by atoms with Crippen LogP contribution in [-0.4, -0.2) is 32.9 Å². The minimum atomic E-state index is -3.70. The second-order valence-electron chi connectivity index (χ2n) is 5.56. The van der Waals surface area contributed by atoms with Crippen LogP contribution in [0.5, 0.6) is 0 Å². The summed E-state index contributed by atoms with van der Waals surface area (Å²) in [5.74, 6) is -1.24. The van der Waals surface area contributed by atoms with Crippen molar-refractivity contribution in [2.24, 2.45) is 0 Å². The number of amides is 1. The predicted octanol–water partition coefficient (Wildman–Crippen LogP) is 2.58. The molecule has 144 valence electrons. The minimum absolute atomic E-state index is 0.103. The van der Waals surface area contributed by atoms with Gasteiger partial charge in [0.25, 0.3) is 5.91 Å². The summed E-state index contributed by atoms with van der Waals surface area (Å²) in [5, 5.41) is 2.92. The highest BCUT2D eigenvalue weighted by Crippen LogP contribution is 2.20. The molecule has 0 aromatic heterocycles. The van der Waals surface area contributed by atoms with E-state index in [1.54, 1.807) is 42.5 Å². The Balaban J connectivity index is 1.79. The van der Waals surface area contributed by atoms with Gasteiger partial charge >= 0.3 is 5.97 Å². The normalized spacial score (nSPS) is 12.2. The minimum Gasteiger partial charge on any atom is -0.452 e. The van der Waals surface area contributed by atoms with E-state index in [-0.39, 0.29) is 17.9 Å². The molecule has 0 aliphatic heterocycles. The Morgan fingerprint density at radius 1 is 1.07 bits per heavy atom. The third kappa shape index (κ3) is 6.35. The molecule has 0 fully saturated rings. The van der Waals surface area contributed by atoms with Crippen molar-refractivity contribution in [3.63, 3.8) is 0 Å². The first-order valence-electron chi connectivity index (χ1n) is 8.09. The molecule has 2 aromatic carbocycles. The molecule has 0 radical (unpaired) electrons. The van der Waals surface area contributed by atoms with Crippen LogP contribution in [0.15, 0.2) is 59.5 Å². The second-order valence-corrected chi connectivity index (χ2v) is 7.74. The van der Waals surface area contributed by atoms with Gasteiger partial charge in [-0.15, -0.1) is 0 Å². The molecular formula is C18H19ClN2O5S. The first-order valence-corrected chi connectivity index (χ1v) is 9.95. The molecule has 0 aliphatic rings. The Bertz CT molecular complexity index is 903. The number of nitrogens with one attached hydrogen (secondary N) is 2. The van der Waals surface area contributed by atoms with E-state index in [0.717, 1.165) is 0 Å². The molecule has 0 aliphatic carbocycles. The SMILES string of the molecule is C[C@H](OC(=O)CCNS(=O)(=O)c1ccccc1)C(=O)Nc1ccccc1Cl. The van der Waals surface area contributed by atoms with Gasteiger partial charge in [0.1, 0.15) is 0 Å². The van der Waals surface area contributed by atoms with E-state index >= 15 is 0 Å². The van der Waals surface area contributed by atoms with Crippen molar-refractivity contribution in [3.05, 3.63) is 59.6 Å². The lowest BCUT2D eigenvalue weighted by Gasteiger charge is -2.14.